The lowest BCUT2D eigenvalue weighted by atomic mass is 9.95. The average molecular weight is 436 g/mol. The minimum atomic E-state index is -0.800. The van der Waals surface area contributed by atoms with Crippen LogP contribution >= 0.6 is 23.2 Å². The fourth-order valence-electron chi connectivity index (χ4n) is 3.76. The zero-order chi connectivity index (χ0) is 20.8. The van der Waals surface area contributed by atoms with Crippen LogP contribution in [0.15, 0.2) is 83.7 Å². The van der Waals surface area contributed by atoms with Crippen molar-refractivity contribution in [2.45, 2.75) is 11.4 Å². The Morgan fingerprint density at radius 3 is 2.37 bits per heavy atom. The van der Waals surface area contributed by atoms with Gasteiger partial charge in [0.15, 0.2) is 5.82 Å². The van der Waals surface area contributed by atoms with Gasteiger partial charge in [0.2, 0.25) is 0 Å². The molecule has 5 rings (SSSR count). The molecule has 148 valence electrons. The standard InChI is InChI=1S/C23H15Cl2N3O2/c24-16-10-6-9-15(13-16)20-19(25)23(30)27(20)28-21(14-7-2-1-3-8-14)26-18-12-5-4-11-17(18)22(28)29/h1-13,19-20H. The Labute approximate surface area is 182 Å². The molecule has 1 saturated heterocycles. The molecule has 0 saturated carbocycles. The molecule has 2 unspecified atom stereocenters. The fraction of sp³-hybridized carbons (Fsp3) is 0.0870. The van der Waals surface area contributed by atoms with Gasteiger partial charge in [-0.05, 0) is 29.8 Å². The van der Waals surface area contributed by atoms with Crippen LogP contribution in [0.2, 0.25) is 5.02 Å². The highest BCUT2D eigenvalue weighted by Crippen LogP contribution is 2.38. The minimum absolute atomic E-state index is 0.330. The number of alkyl halides is 1. The second-order valence-electron chi connectivity index (χ2n) is 7.02. The van der Waals surface area contributed by atoms with Crippen molar-refractivity contribution in [1.29, 1.82) is 0 Å². The summed E-state index contributed by atoms with van der Waals surface area (Å²) >= 11 is 12.6. The number of β-lactam (4-membered cyclic amide) rings is 1. The summed E-state index contributed by atoms with van der Waals surface area (Å²) in [4.78, 5) is 31.1. The van der Waals surface area contributed by atoms with Crippen LogP contribution < -0.4 is 10.6 Å². The summed E-state index contributed by atoms with van der Waals surface area (Å²) in [6.07, 6.45) is 0. The number of carbonyl (C=O) groups is 1. The number of nitrogens with zero attached hydrogens (tertiary/aromatic N) is 3. The van der Waals surface area contributed by atoms with Crippen LogP contribution in [0, 0.1) is 0 Å². The molecule has 0 bridgehead atoms. The van der Waals surface area contributed by atoms with E-state index in [4.69, 9.17) is 28.2 Å². The monoisotopic (exact) mass is 435 g/mol. The van der Waals surface area contributed by atoms with Crippen LogP contribution in [0.5, 0.6) is 0 Å². The molecule has 5 nitrogen and oxygen atoms in total. The Morgan fingerprint density at radius 2 is 1.60 bits per heavy atom. The summed E-state index contributed by atoms with van der Waals surface area (Å²) in [6.45, 7) is 0. The minimum Gasteiger partial charge on any atom is -0.271 e. The third kappa shape index (κ3) is 2.90. The predicted molar refractivity (Wildman–Crippen MR) is 118 cm³/mol. The molecule has 3 aromatic carbocycles. The van der Waals surface area contributed by atoms with E-state index in [0.29, 0.717) is 21.7 Å². The van der Waals surface area contributed by atoms with Gasteiger partial charge in [0, 0.05) is 10.6 Å². The zero-order valence-electron chi connectivity index (χ0n) is 15.6. The van der Waals surface area contributed by atoms with E-state index in [0.717, 1.165) is 11.1 Å². The Bertz CT molecular complexity index is 1340. The van der Waals surface area contributed by atoms with Crippen molar-refractivity contribution >= 4 is 40.0 Å². The summed E-state index contributed by atoms with van der Waals surface area (Å²) < 4.78 is 1.34. The number of hydrogen-bond acceptors (Lipinski definition) is 3. The summed E-state index contributed by atoms with van der Waals surface area (Å²) in [6, 6.07) is 23.0. The summed E-state index contributed by atoms with van der Waals surface area (Å²) in [5.74, 6) is 0.0150. The van der Waals surface area contributed by atoms with E-state index in [1.807, 2.05) is 42.5 Å². The second-order valence-corrected chi connectivity index (χ2v) is 7.93. The predicted octanol–water partition coefficient (Wildman–Crippen LogP) is 4.54. The molecule has 2 heterocycles. The molecule has 0 N–H and O–H groups in total. The topological polar surface area (TPSA) is 55.2 Å². The molecule has 0 radical (unpaired) electrons. The molecule has 1 aliphatic rings. The van der Waals surface area contributed by atoms with Gasteiger partial charge in [-0.1, -0.05) is 66.2 Å². The van der Waals surface area contributed by atoms with Crippen molar-refractivity contribution in [3.05, 3.63) is 99.8 Å². The van der Waals surface area contributed by atoms with E-state index < -0.39 is 11.4 Å². The normalized spacial score (nSPS) is 18.5. The highest BCUT2D eigenvalue weighted by molar-refractivity contribution is 6.36. The first-order valence-electron chi connectivity index (χ1n) is 9.36. The summed E-state index contributed by atoms with van der Waals surface area (Å²) in [5.41, 5.74) is 1.70. The lowest BCUT2D eigenvalue weighted by Crippen LogP contribution is -2.64. The number of aromatic nitrogens is 2. The van der Waals surface area contributed by atoms with Crippen LogP contribution in [-0.2, 0) is 4.79 Å². The highest BCUT2D eigenvalue weighted by atomic mass is 35.5. The van der Waals surface area contributed by atoms with Crippen molar-refractivity contribution in [2.24, 2.45) is 0 Å². The van der Waals surface area contributed by atoms with Gasteiger partial charge in [-0.3, -0.25) is 9.59 Å². The smallest absolute Gasteiger partial charge is 0.271 e. The van der Waals surface area contributed by atoms with E-state index in [1.54, 1.807) is 36.4 Å². The van der Waals surface area contributed by atoms with Crippen LogP contribution in [0.3, 0.4) is 0 Å². The van der Waals surface area contributed by atoms with E-state index in [-0.39, 0.29) is 11.5 Å². The van der Waals surface area contributed by atoms with Gasteiger partial charge in [-0.25, -0.2) is 9.99 Å². The fourth-order valence-corrected chi connectivity index (χ4v) is 4.31. The zero-order valence-corrected chi connectivity index (χ0v) is 17.1. The van der Waals surface area contributed by atoms with Crippen LogP contribution in [0.25, 0.3) is 22.3 Å². The molecule has 30 heavy (non-hydrogen) atoms. The van der Waals surface area contributed by atoms with Crippen molar-refractivity contribution in [3.63, 3.8) is 0 Å². The summed E-state index contributed by atoms with van der Waals surface area (Å²) in [7, 11) is 0. The van der Waals surface area contributed by atoms with E-state index in [2.05, 4.69) is 0 Å². The van der Waals surface area contributed by atoms with Crippen LogP contribution in [-0.4, -0.2) is 20.9 Å². The number of benzene rings is 3. The van der Waals surface area contributed by atoms with Crippen molar-refractivity contribution < 1.29 is 4.79 Å². The number of amides is 1. The molecular weight excluding hydrogens is 421 g/mol. The van der Waals surface area contributed by atoms with Crippen molar-refractivity contribution in [2.75, 3.05) is 5.01 Å². The highest BCUT2D eigenvalue weighted by Gasteiger charge is 2.50. The summed E-state index contributed by atoms with van der Waals surface area (Å²) in [5, 5.41) is 1.54. The van der Waals surface area contributed by atoms with E-state index in [9.17, 15) is 9.59 Å². The van der Waals surface area contributed by atoms with Crippen molar-refractivity contribution in [3.8, 4) is 11.4 Å². The number of rotatable bonds is 3. The molecule has 0 aliphatic carbocycles. The molecular formula is C23H15Cl2N3O2. The molecule has 1 fully saturated rings. The SMILES string of the molecule is O=C1C(Cl)C(c2cccc(Cl)c2)N1n1c(-c2ccccc2)nc2ccccc2c1=O. The first-order valence-corrected chi connectivity index (χ1v) is 10.2. The molecule has 1 aromatic heterocycles. The maximum Gasteiger partial charge on any atom is 0.280 e. The van der Waals surface area contributed by atoms with Gasteiger partial charge < -0.3 is 0 Å². The average Bonchev–Trinajstić information content (AvgIpc) is 2.78. The van der Waals surface area contributed by atoms with Gasteiger partial charge in [-0.2, -0.15) is 4.68 Å². The first kappa shape index (κ1) is 18.9. The molecule has 0 spiro atoms. The lowest BCUT2D eigenvalue weighted by molar-refractivity contribution is -0.126. The maximum atomic E-state index is 13.5. The van der Waals surface area contributed by atoms with Gasteiger partial charge in [-0.15, -0.1) is 11.6 Å². The third-order valence-corrected chi connectivity index (χ3v) is 5.85. The second kappa shape index (κ2) is 7.27. The van der Waals surface area contributed by atoms with Crippen LogP contribution in [0.4, 0.5) is 0 Å². The Morgan fingerprint density at radius 1 is 0.867 bits per heavy atom. The Kier molecular flexibility index (Phi) is 4.57. The number of fused-ring (bicyclic) bond motifs is 1. The molecule has 2 atom stereocenters. The largest absolute Gasteiger partial charge is 0.280 e. The molecule has 1 aliphatic heterocycles. The van der Waals surface area contributed by atoms with E-state index >= 15 is 0 Å². The van der Waals surface area contributed by atoms with Gasteiger partial charge in [0.05, 0.1) is 10.9 Å². The van der Waals surface area contributed by atoms with Crippen molar-refractivity contribution in [1.82, 2.24) is 9.66 Å². The maximum absolute atomic E-state index is 13.5. The number of carbonyl (C=O) groups excluding carboxylic acids is 1. The third-order valence-electron chi connectivity index (χ3n) is 5.19. The molecule has 4 aromatic rings. The number of halogens is 2. The van der Waals surface area contributed by atoms with Crippen LogP contribution in [0.1, 0.15) is 11.6 Å². The molecule has 7 heteroatoms. The first-order chi connectivity index (χ1) is 14.6. The van der Waals surface area contributed by atoms with E-state index in [1.165, 1.54) is 9.69 Å². The Hall–Kier alpha value is -3.15. The van der Waals surface area contributed by atoms with Gasteiger partial charge in [0.25, 0.3) is 11.5 Å². The van der Waals surface area contributed by atoms with Gasteiger partial charge in [0.1, 0.15) is 11.4 Å². The quantitative estimate of drug-likeness (QED) is 0.350. The lowest BCUT2D eigenvalue weighted by Gasteiger charge is -2.45. The number of para-hydroxylation sites is 1. The molecule has 1 amide bonds. The van der Waals surface area contributed by atoms with Gasteiger partial charge >= 0.3 is 0 Å². The number of hydrogen-bond donors (Lipinski definition) is 0. The Balaban J connectivity index is 1.78.